The molecule has 4 rings (SSSR count). The van der Waals surface area contributed by atoms with Crippen LogP contribution in [0.5, 0.6) is 0 Å². The quantitative estimate of drug-likeness (QED) is 0.442. The van der Waals surface area contributed by atoms with E-state index in [1.54, 1.807) is 25.1 Å². The van der Waals surface area contributed by atoms with Crippen LogP contribution in [0.25, 0.3) is 5.69 Å². The van der Waals surface area contributed by atoms with E-state index in [2.05, 4.69) is 5.10 Å². The Labute approximate surface area is 219 Å². The van der Waals surface area contributed by atoms with E-state index >= 15 is 0 Å². The molecule has 38 heavy (non-hydrogen) atoms. The van der Waals surface area contributed by atoms with Crippen LogP contribution in [-0.2, 0) is 16.1 Å². The van der Waals surface area contributed by atoms with Gasteiger partial charge in [0, 0.05) is 18.7 Å². The maximum absolute atomic E-state index is 14.5. The van der Waals surface area contributed by atoms with Crippen LogP contribution in [0.4, 0.5) is 4.39 Å². The van der Waals surface area contributed by atoms with Gasteiger partial charge in [-0.2, -0.15) is 9.78 Å². The second kappa shape index (κ2) is 11.5. The average Bonchev–Trinajstić information content (AvgIpc) is 2.92. The van der Waals surface area contributed by atoms with Crippen LogP contribution in [-0.4, -0.2) is 50.8 Å². The molecule has 0 N–H and O–H groups in total. The number of hydrogen-bond acceptors (Lipinski definition) is 6. The van der Waals surface area contributed by atoms with Crippen molar-refractivity contribution in [1.29, 1.82) is 0 Å². The Morgan fingerprint density at radius 1 is 1.11 bits per heavy atom. The van der Waals surface area contributed by atoms with Gasteiger partial charge in [0.15, 0.2) is 0 Å². The van der Waals surface area contributed by atoms with Crippen molar-refractivity contribution in [2.75, 3.05) is 19.7 Å². The molecule has 1 aliphatic heterocycles. The lowest BCUT2D eigenvalue weighted by Gasteiger charge is -2.31. The fourth-order valence-electron chi connectivity index (χ4n) is 4.52. The predicted molar refractivity (Wildman–Crippen MR) is 139 cm³/mol. The zero-order chi connectivity index (χ0) is 27.4. The summed E-state index contributed by atoms with van der Waals surface area (Å²) < 4.78 is 21.4. The van der Waals surface area contributed by atoms with Gasteiger partial charge in [-0.15, -0.1) is 0 Å². The molecule has 3 aromatic rings. The molecule has 9 nitrogen and oxygen atoms in total. The van der Waals surface area contributed by atoms with Gasteiger partial charge in [-0.25, -0.2) is 9.18 Å². The minimum absolute atomic E-state index is 0.0777. The van der Waals surface area contributed by atoms with Gasteiger partial charge in [0.05, 0.1) is 24.8 Å². The molecule has 2 aromatic carbocycles. The van der Waals surface area contributed by atoms with Crippen LogP contribution in [0, 0.1) is 11.7 Å². The number of hydrogen-bond donors (Lipinski definition) is 0. The summed E-state index contributed by atoms with van der Waals surface area (Å²) >= 11 is 0. The van der Waals surface area contributed by atoms with Crippen molar-refractivity contribution < 1.29 is 18.7 Å². The monoisotopic (exact) mass is 522 g/mol. The number of nitrogens with zero attached hydrogens (tertiary/aromatic N) is 4. The lowest BCUT2D eigenvalue weighted by molar-refractivity contribution is -0.149. The van der Waals surface area contributed by atoms with Gasteiger partial charge >= 0.3 is 11.7 Å². The summed E-state index contributed by atoms with van der Waals surface area (Å²) in [4.78, 5) is 54.2. The second-order valence-corrected chi connectivity index (χ2v) is 9.61. The largest absolute Gasteiger partial charge is 0.466 e. The second-order valence-electron chi connectivity index (χ2n) is 9.61. The maximum atomic E-state index is 14.5. The van der Waals surface area contributed by atoms with Crippen molar-refractivity contribution >= 4 is 11.9 Å². The van der Waals surface area contributed by atoms with Crippen molar-refractivity contribution in [2.45, 2.75) is 46.1 Å². The van der Waals surface area contributed by atoms with Crippen molar-refractivity contribution in [1.82, 2.24) is 19.2 Å². The summed E-state index contributed by atoms with van der Waals surface area (Å²) in [5, 5.41) is 4.19. The Hall–Kier alpha value is -4.08. The minimum atomic E-state index is -0.920. The van der Waals surface area contributed by atoms with Gasteiger partial charge < -0.3 is 9.64 Å². The first kappa shape index (κ1) is 27.0. The normalized spacial score (nSPS) is 15.5. The number of carbonyl (C=O) groups is 2. The van der Waals surface area contributed by atoms with Crippen molar-refractivity contribution in [3.8, 4) is 5.69 Å². The zero-order valence-electron chi connectivity index (χ0n) is 21.7. The Bertz CT molecular complexity index is 1440. The van der Waals surface area contributed by atoms with Gasteiger partial charge in [0.1, 0.15) is 5.82 Å². The third kappa shape index (κ3) is 5.58. The van der Waals surface area contributed by atoms with E-state index in [-0.39, 0.29) is 31.2 Å². The third-order valence-corrected chi connectivity index (χ3v) is 6.68. The highest BCUT2D eigenvalue weighted by Gasteiger charge is 2.32. The minimum Gasteiger partial charge on any atom is -0.466 e. The topological polar surface area (TPSA) is 104 Å². The van der Waals surface area contributed by atoms with Crippen molar-refractivity contribution in [3.05, 3.63) is 92.0 Å². The summed E-state index contributed by atoms with van der Waals surface area (Å²) in [6.45, 7) is 6.04. The SMILES string of the molecule is CCOC(=O)[C@H]1CCCN(C(=O)c2nn(-c3ccc(C(C)C)cc3)c(=O)n(Cc3ccccc3F)c2=O)C1. The number of benzene rings is 2. The summed E-state index contributed by atoms with van der Waals surface area (Å²) in [5.74, 6) is -1.93. The smallest absolute Gasteiger partial charge is 0.352 e. The molecule has 1 fully saturated rings. The number of piperidine rings is 1. The summed E-state index contributed by atoms with van der Waals surface area (Å²) in [5.41, 5.74) is -0.668. The number of ether oxygens (including phenoxy) is 1. The van der Waals surface area contributed by atoms with Gasteiger partial charge in [-0.1, -0.05) is 44.2 Å². The molecule has 1 amide bonds. The van der Waals surface area contributed by atoms with E-state index in [0.29, 0.717) is 25.1 Å². The number of carbonyl (C=O) groups excluding carboxylic acids is 2. The summed E-state index contributed by atoms with van der Waals surface area (Å²) in [6, 6.07) is 12.9. The van der Waals surface area contributed by atoms with Gasteiger partial charge in [0.2, 0.25) is 5.69 Å². The number of halogens is 1. The Morgan fingerprint density at radius 2 is 1.82 bits per heavy atom. The highest BCUT2D eigenvalue weighted by Crippen LogP contribution is 2.20. The van der Waals surface area contributed by atoms with Gasteiger partial charge in [-0.3, -0.25) is 19.0 Å². The molecule has 0 spiro atoms. The summed E-state index contributed by atoms with van der Waals surface area (Å²) in [7, 11) is 0. The molecule has 0 unspecified atom stereocenters. The molecule has 1 aromatic heterocycles. The molecule has 200 valence electrons. The first-order valence-electron chi connectivity index (χ1n) is 12.7. The Balaban J connectivity index is 1.80. The maximum Gasteiger partial charge on any atom is 0.352 e. The van der Waals surface area contributed by atoms with E-state index in [4.69, 9.17) is 4.74 Å². The third-order valence-electron chi connectivity index (χ3n) is 6.68. The van der Waals surface area contributed by atoms with Crippen molar-refractivity contribution in [2.24, 2.45) is 5.92 Å². The van der Waals surface area contributed by atoms with E-state index in [1.807, 2.05) is 26.0 Å². The number of likely N-dealkylation sites (tertiary alicyclic amines) is 1. The standard InChI is InChI=1S/C28H31FN4O5/c1-4-38-27(36)21-9-7-15-31(16-21)25(34)24-26(35)32(17-20-8-5-6-10-23(20)29)28(37)33(30-24)22-13-11-19(12-14-22)18(2)3/h5-6,8,10-14,18,21H,4,7,9,15-17H2,1-3H3/t21-/m0/s1. The molecule has 0 bridgehead atoms. The molecule has 0 radical (unpaired) electrons. The first-order valence-corrected chi connectivity index (χ1v) is 12.7. The fourth-order valence-corrected chi connectivity index (χ4v) is 4.52. The fraction of sp³-hybridized carbons (Fsp3) is 0.393. The van der Waals surface area contributed by atoms with Crippen LogP contribution < -0.4 is 11.2 Å². The molecule has 1 saturated heterocycles. The molecular formula is C28H31FN4O5. The Kier molecular flexibility index (Phi) is 8.19. The average molecular weight is 523 g/mol. The van der Waals surface area contributed by atoms with E-state index in [9.17, 15) is 23.6 Å². The Morgan fingerprint density at radius 3 is 2.47 bits per heavy atom. The van der Waals surface area contributed by atoms with Crippen LogP contribution >= 0.6 is 0 Å². The molecule has 1 aliphatic rings. The molecular weight excluding hydrogens is 491 g/mol. The zero-order valence-corrected chi connectivity index (χ0v) is 21.7. The lowest BCUT2D eigenvalue weighted by Crippen LogP contribution is -2.49. The van der Waals surface area contributed by atoms with E-state index in [0.717, 1.165) is 14.8 Å². The van der Waals surface area contributed by atoms with Crippen LogP contribution in [0.1, 0.15) is 61.1 Å². The van der Waals surface area contributed by atoms with Gasteiger partial charge in [-0.05, 0) is 49.4 Å². The van der Waals surface area contributed by atoms with Crippen LogP contribution in [0.2, 0.25) is 0 Å². The van der Waals surface area contributed by atoms with Gasteiger partial charge in [0.25, 0.3) is 11.5 Å². The number of rotatable bonds is 7. The predicted octanol–water partition coefficient (Wildman–Crippen LogP) is 3.12. The summed E-state index contributed by atoms with van der Waals surface area (Å²) in [6.07, 6.45) is 1.12. The van der Waals surface area contributed by atoms with Crippen molar-refractivity contribution in [3.63, 3.8) is 0 Å². The number of esters is 1. The van der Waals surface area contributed by atoms with Crippen LogP contribution in [0.15, 0.2) is 58.1 Å². The van der Waals surface area contributed by atoms with E-state index in [1.165, 1.54) is 23.1 Å². The number of amides is 1. The molecule has 0 saturated carbocycles. The lowest BCUT2D eigenvalue weighted by atomic mass is 9.98. The molecule has 0 aliphatic carbocycles. The molecule has 1 atom stereocenters. The van der Waals surface area contributed by atoms with E-state index < -0.39 is 40.6 Å². The first-order chi connectivity index (χ1) is 18.2. The highest BCUT2D eigenvalue weighted by molar-refractivity contribution is 5.92. The van der Waals surface area contributed by atoms with Crippen LogP contribution in [0.3, 0.4) is 0 Å². The molecule has 2 heterocycles. The number of aromatic nitrogens is 3. The molecule has 10 heteroatoms. The highest BCUT2D eigenvalue weighted by atomic mass is 19.1.